The van der Waals surface area contributed by atoms with Crippen LogP contribution in [-0.4, -0.2) is 74.2 Å². The summed E-state index contributed by atoms with van der Waals surface area (Å²) in [5, 5.41) is 11.8. The van der Waals surface area contributed by atoms with Gasteiger partial charge < -0.3 is 5.32 Å². The van der Waals surface area contributed by atoms with Crippen molar-refractivity contribution in [2.45, 2.75) is 31.7 Å². The molecule has 0 bridgehead atoms. The van der Waals surface area contributed by atoms with Gasteiger partial charge in [-0.25, -0.2) is 8.42 Å². The molecule has 1 aliphatic heterocycles. The van der Waals surface area contributed by atoms with E-state index in [9.17, 15) is 13.2 Å². The van der Waals surface area contributed by atoms with Crippen LogP contribution >= 0.6 is 0 Å². The van der Waals surface area contributed by atoms with Crippen LogP contribution in [0.25, 0.3) is 0 Å². The highest BCUT2D eigenvalue weighted by atomic mass is 32.2. The van der Waals surface area contributed by atoms with Gasteiger partial charge in [-0.1, -0.05) is 32.0 Å². The molecule has 3 rings (SSSR count). The molecule has 1 amide bonds. The number of benzene rings is 2. The van der Waals surface area contributed by atoms with E-state index in [1.54, 1.807) is 32.0 Å². The molecular formula is C25H33N5O3S. The van der Waals surface area contributed by atoms with E-state index in [0.29, 0.717) is 24.3 Å². The molecule has 8 nitrogen and oxygen atoms in total. The Morgan fingerprint density at radius 1 is 1.03 bits per heavy atom. The number of rotatable bonds is 9. The van der Waals surface area contributed by atoms with Crippen LogP contribution in [0.4, 0.5) is 5.69 Å². The third-order valence-electron chi connectivity index (χ3n) is 6.00. The lowest BCUT2D eigenvalue weighted by atomic mass is 10.1. The predicted molar refractivity (Wildman–Crippen MR) is 133 cm³/mol. The van der Waals surface area contributed by atoms with Gasteiger partial charge in [0.25, 0.3) is 0 Å². The van der Waals surface area contributed by atoms with E-state index < -0.39 is 10.0 Å². The van der Waals surface area contributed by atoms with Gasteiger partial charge in [0.2, 0.25) is 15.9 Å². The van der Waals surface area contributed by atoms with Gasteiger partial charge in [-0.2, -0.15) is 9.57 Å². The number of anilines is 1. The summed E-state index contributed by atoms with van der Waals surface area (Å²) in [5.41, 5.74) is 2.31. The van der Waals surface area contributed by atoms with Gasteiger partial charge >= 0.3 is 0 Å². The monoisotopic (exact) mass is 483 g/mol. The number of nitrogens with zero attached hydrogens (tertiary/aromatic N) is 4. The third kappa shape index (κ3) is 6.87. The summed E-state index contributed by atoms with van der Waals surface area (Å²) >= 11 is 0. The lowest BCUT2D eigenvalue weighted by molar-refractivity contribution is -0.117. The second kappa shape index (κ2) is 12.1. The van der Waals surface area contributed by atoms with Gasteiger partial charge in [0, 0.05) is 38.4 Å². The van der Waals surface area contributed by atoms with Crippen molar-refractivity contribution in [2.75, 3.05) is 51.1 Å². The van der Waals surface area contributed by atoms with Crippen LogP contribution < -0.4 is 5.32 Å². The minimum absolute atomic E-state index is 0.155. The van der Waals surface area contributed by atoms with E-state index in [1.807, 2.05) is 24.3 Å². The number of carbonyl (C=O) groups is 1. The molecule has 1 N–H and O–H groups in total. The Morgan fingerprint density at radius 3 is 2.38 bits per heavy atom. The van der Waals surface area contributed by atoms with E-state index in [2.05, 4.69) is 21.2 Å². The molecule has 1 fully saturated rings. The smallest absolute Gasteiger partial charge is 0.243 e. The van der Waals surface area contributed by atoms with Crippen molar-refractivity contribution in [2.24, 2.45) is 0 Å². The summed E-state index contributed by atoms with van der Waals surface area (Å²) in [4.78, 5) is 17.4. The number of sulfonamides is 1. The zero-order valence-corrected chi connectivity index (χ0v) is 20.7. The first-order valence-corrected chi connectivity index (χ1v) is 13.1. The number of carbonyl (C=O) groups excluding carboxylic acids is 1. The standard InChI is InChI=1S/C25H33N5O3S/c1-3-30(4-2)34(32,33)24-8-5-7-23(17-24)27-25(31)20-29-14-6-13-28(15-16-29)19-22-11-9-21(18-26)10-12-22/h5,7-12,17H,3-4,6,13-16,19-20H2,1-2H3,(H,27,31). The zero-order chi connectivity index (χ0) is 24.6. The molecule has 0 spiro atoms. The van der Waals surface area contributed by atoms with Crippen LogP contribution in [0.3, 0.4) is 0 Å². The fraction of sp³-hybridized carbons (Fsp3) is 0.440. The third-order valence-corrected chi connectivity index (χ3v) is 8.04. The minimum atomic E-state index is -3.58. The molecule has 0 saturated carbocycles. The minimum Gasteiger partial charge on any atom is -0.325 e. The highest BCUT2D eigenvalue weighted by Gasteiger charge is 2.22. The molecule has 2 aromatic rings. The van der Waals surface area contributed by atoms with Crippen LogP contribution in [0.1, 0.15) is 31.4 Å². The van der Waals surface area contributed by atoms with E-state index >= 15 is 0 Å². The first-order valence-electron chi connectivity index (χ1n) is 11.7. The Bertz CT molecular complexity index is 1110. The van der Waals surface area contributed by atoms with Crippen molar-refractivity contribution in [1.29, 1.82) is 5.26 Å². The molecular weight excluding hydrogens is 450 g/mol. The van der Waals surface area contributed by atoms with Crippen molar-refractivity contribution >= 4 is 21.6 Å². The number of amides is 1. The van der Waals surface area contributed by atoms with E-state index in [4.69, 9.17) is 5.26 Å². The molecule has 1 heterocycles. The summed E-state index contributed by atoms with van der Waals surface area (Å²) in [6, 6.07) is 16.2. The number of hydrogen-bond acceptors (Lipinski definition) is 6. The summed E-state index contributed by atoms with van der Waals surface area (Å²) < 4.78 is 26.9. The highest BCUT2D eigenvalue weighted by Crippen LogP contribution is 2.19. The van der Waals surface area contributed by atoms with E-state index in [1.165, 1.54) is 15.9 Å². The Morgan fingerprint density at radius 2 is 1.71 bits per heavy atom. The molecule has 34 heavy (non-hydrogen) atoms. The van der Waals surface area contributed by atoms with Crippen molar-refractivity contribution in [1.82, 2.24) is 14.1 Å². The maximum atomic E-state index is 12.8. The van der Waals surface area contributed by atoms with Gasteiger partial charge in [0.15, 0.2) is 0 Å². The molecule has 1 aliphatic rings. The van der Waals surface area contributed by atoms with Gasteiger partial charge in [0.05, 0.1) is 23.1 Å². The van der Waals surface area contributed by atoms with Gasteiger partial charge in [-0.3, -0.25) is 14.6 Å². The predicted octanol–water partition coefficient (Wildman–Crippen LogP) is 2.74. The number of nitriles is 1. The molecule has 0 aromatic heterocycles. The largest absolute Gasteiger partial charge is 0.325 e. The quantitative estimate of drug-likeness (QED) is 0.589. The lowest BCUT2D eigenvalue weighted by Crippen LogP contribution is -2.36. The van der Waals surface area contributed by atoms with Crippen LogP contribution in [-0.2, 0) is 21.4 Å². The molecule has 2 aromatic carbocycles. The lowest BCUT2D eigenvalue weighted by Gasteiger charge is -2.22. The van der Waals surface area contributed by atoms with Crippen LogP contribution in [0, 0.1) is 11.3 Å². The highest BCUT2D eigenvalue weighted by molar-refractivity contribution is 7.89. The summed E-state index contributed by atoms with van der Waals surface area (Å²) in [7, 11) is -3.58. The SMILES string of the molecule is CCN(CC)S(=O)(=O)c1cccc(NC(=O)CN2CCCN(Cc3ccc(C#N)cc3)CC2)c1. The Balaban J connectivity index is 1.54. The van der Waals surface area contributed by atoms with Crippen molar-refractivity contribution < 1.29 is 13.2 Å². The first-order chi connectivity index (χ1) is 16.3. The molecule has 0 aliphatic carbocycles. The van der Waals surface area contributed by atoms with E-state index in [-0.39, 0.29) is 17.3 Å². The molecule has 0 atom stereocenters. The Labute approximate surface area is 202 Å². The zero-order valence-electron chi connectivity index (χ0n) is 19.9. The van der Waals surface area contributed by atoms with Crippen molar-refractivity contribution in [3.63, 3.8) is 0 Å². The summed E-state index contributed by atoms with van der Waals surface area (Å²) in [5.74, 6) is -0.155. The summed E-state index contributed by atoms with van der Waals surface area (Å²) in [6.07, 6.45) is 0.959. The summed E-state index contributed by atoms with van der Waals surface area (Å²) in [6.45, 7) is 8.89. The van der Waals surface area contributed by atoms with Gasteiger partial charge in [-0.05, 0) is 55.4 Å². The van der Waals surface area contributed by atoms with Gasteiger partial charge in [-0.15, -0.1) is 0 Å². The fourth-order valence-corrected chi connectivity index (χ4v) is 5.64. The van der Waals surface area contributed by atoms with E-state index in [0.717, 1.165) is 39.1 Å². The molecule has 182 valence electrons. The van der Waals surface area contributed by atoms with Crippen molar-refractivity contribution in [3.05, 3.63) is 59.7 Å². The average Bonchev–Trinajstić information content (AvgIpc) is 3.05. The first kappa shape index (κ1) is 25.8. The molecule has 1 saturated heterocycles. The molecule has 0 radical (unpaired) electrons. The Hall–Kier alpha value is -2.77. The normalized spacial score (nSPS) is 15.6. The molecule has 0 unspecified atom stereocenters. The number of nitrogens with one attached hydrogen (secondary N) is 1. The second-order valence-corrected chi connectivity index (χ2v) is 10.3. The van der Waals surface area contributed by atoms with Crippen LogP contribution in [0.15, 0.2) is 53.4 Å². The number of hydrogen-bond donors (Lipinski definition) is 1. The average molecular weight is 484 g/mol. The fourth-order valence-electron chi connectivity index (χ4n) is 4.13. The van der Waals surface area contributed by atoms with Crippen molar-refractivity contribution in [3.8, 4) is 6.07 Å². The second-order valence-electron chi connectivity index (χ2n) is 8.38. The topological polar surface area (TPSA) is 96.8 Å². The molecule has 9 heteroatoms. The van der Waals surface area contributed by atoms with Crippen LogP contribution in [0.2, 0.25) is 0 Å². The maximum Gasteiger partial charge on any atom is 0.243 e. The maximum absolute atomic E-state index is 12.8. The Kier molecular flexibility index (Phi) is 9.19. The van der Waals surface area contributed by atoms with Gasteiger partial charge in [0.1, 0.15) is 0 Å². The van der Waals surface area contributed by atoms with Crippen LogP contribution in [0.5, 0.6) is 0 Å².